The van der Waals surface area contributed by atoms with Gasteiger partial charge in [-0.1, -0.05) is 37.3 Å². The minimum atomic E-state index is -0.258. The van der Waals surface area contributed by atoms with Crippen molar-refractivity contribution in [3.05, 3.63) is 65.5 Å². The Kier molecular flexibility index (Phi) is 4.60. The molecule has 0 bridgehead atoms. The highest BCUT2D eigenvalue weighted by atomic mass is 19.1. The summed E-state index contributed by atoms with van der Waals surface area (Å²) >= 11 is 0. The summed E-state index contributed by atoms with van der Waals surface area (Å²) in [5, 5.41) is 3.01. The largest absolute Gasteiger partial charge is 0.322 e. The van der Waals surface area contributed by atoms with Crippen molar-refractivity contribution in [1.82, 2.24) is 4.90 Å². The van der Waals surface area contributed by atoms with E-state index in [1.807, 2.05) is 30.3 Å². The Morgan fingerprint density at radius 3 is 2.87 bits per heavy atom. The summed E-state index contributed by atoms with van der Waals surface area (Å²) in [6.07, 6.45) is 2.67. The Labute approximate surface area is 136 Å². The molecule has 1 N–H and O–H groups in total. The lowest BCUT2D eigenvalue weighted by Crippen LogP contribution is -2.34. The van der Waals surface area contributed by atoms with Gasteiger partial charge < -0.3 is 10.2 Å². The van der Waals surface area contributed by atoms with Gasteiger partial charge in [0.05, 0.1) is 6.04 Å². The molecule has 2 aromatic carbocycles. The fourth-order valence-corrected chi connectivity index (χ4v) is 3.21. The number of urea groups is 1. The van der Waals surface area contributed by atoms with Crippen LogP contribution in [0.15, 0.2) is 48.5 Å². The van der Waals surface area contributed by atoms with E-state index in [2.05, 4.69) is 12.2 Å². The zero-order chi connectivity index (χ0) is 16.2. The number of halogens is 1. The molecule has 120 valence electrons. The number of amides is 2. The Morgan fingerprint density at radius 2 is 2.09 bits per heavy atom. The molecular formula is C19H21FN2O. The van der Waals surface area contributed by atoms with Crippen LogP contribution in [0, 0.1) is 5.82 Å². The average Bonchev–Trinajstić information content (AvgIpc) is 3.05. The van der Waals surface area contributed by atoms with Crippen molar-refractivity contribution >= 4 is 11.7 Å². The van der Waals surface area contributed by atoms with Crippen LogP contribution in [0.5, 0.6) is 0 Å². The van der Waals surface area contributed by atoms with Gasteiger partial charge in [0.1, 0.15) is 5.82 Å². The molecule has 0 radical (unpaired) electrons. The molecular weight excluding hydrogens is 291 g/mol. The number of carbonyl (C=O) groups is 1. The van der Waals surface area contributed by atoms with E-state index in [0.29, 0.717) is 6.54 Å². The number of benzene rings is 2. The third kappa shape index (κ3) is 3.36. The number of para-hydroxylation sites is 1. The lowest BCUT2D eigenvalue weighted by atomic mass is 10.0. The average molecular weight is 312 g/mol. The van der Waals surface area contributed by atoms with Crippen LogP contribution in [0.4, 0.5) is 14.9 Å². The number of nitrogens with zero attached hydrogens (tertiary/aromatic N) is 1. The van der Waals surface area contributed by atoms with Gasteiger partial charge in [0, 0.05) is 12.2 Å². The SMILES string of the molecule is CCc1ccccc1NC(=O)N1CCC[C@@H]1c1cccc(F)c1. The maximum Gasteiger partial charge on any atom is 0.322 e. The van der Waals surface area contributed by atoms with Gasteiger partial charge in [0.25, 0.3) is 0 Å². The second-order valence-electron chi connectivity index (χ2n) is 5.85. The number of anilines is 1. The number of carbonyl (C=O) groups excluding carboxylic acids is 1. The van der Waals surface area contributed by atoms with Crippen molar-refractivity contribution in [3.63, 3.8) is 0 Å². The first-order chi connectivity index (χ1) is 11.2. The summed E-state index contributed by atoms with van der Waals surface area (Å²) in [4.78, 5) is 14.5. The van der Waals surface area contributed by atoms with Gasteiger partial charge in [-0.3, -0.25) is 0 Å². The molecule has 2 aromatic rings. The van der Waals surface area contributed by atoms with Gasteiger partial charge in [0.15, 0.2) is 0 Å². The van der Waals surface area contributed by atoms with Gasteiger partial charge in [-0.15, -0.1) is 0 Å². The monoisotopic (exact) mass is 312 g/mol. The third-order valence-electron chi connectivity index (χ3n) is 4.39. The van der Waals surface area contributed by atoms with E-state index in [9.17, 15) is 9.18 Å². The van der Waals surface area contributed by atoms with Crippen molar-refractivity contribution in [2.75, 3.05) is 11.9 Å². The number of rotatable bonds is 3. The summed E-state index contributed by atoms with van der Waals surface area (Å²) in [6.45, 7) is 2.76. The smallest absolute Gasteiger partial charge is 0.317 e. The van der Waals surface area contributed by atoms with Gasteiger partial charge in [-0.25, -0.2) is 9.18 Å². The lowest BCUT2D eigenvalue weighted by Gasteiger charge is -2.26. The number of hydrogen-bond donors (Lipinski definition) is 1. The predicted molar refractivity (Wildman–Crippen MR) is 89.9 cm³/mol. The Bertz CT molecular complexity index is 701. The molecule has 2 amide bonds. The molecule has 1 saturated heterocycles. The van der Waals surface area contributed by atoms with Gasteiger partial charge in [0.2, 0.25) is 0 Å². The van der Waals surface area contributed by atoms with Crippen LogP contribution in [0.1, 0.15) is 36.9 Å². The zero-order valence-corrected chi connectivity index (χ0v) is 13.3. The maximum absolute atomic E-state index is 13.5. The number of nitrogens with one attached hydrogen (secondary N) is 1. The quantitative estimate of drug-likeness (QED) is 0.871. The number of hydrogen-bond acceptors (Lipinski definition) is 1. The van der Waals surface area contributed by atoms with Crippen molar-refractivity contribution < 1.29 is 9.18 Å². The van der Waals surface area contributed by atoms with Crippen LogP contribution in [-0.2, 0) is 6.42 Å². The van der Waals surface area contributed by atoms with Crippen molar-refractivity contribution in [2.24, 2.45) is 0 Å². The van der Waals surface area contributed by atoms with Crippen LogP contribution in [0.3, 0.4) is 0 Å². The number of likely N-dealkylation sites (tertiary alicyclic amines) is 1. The summed E-state index contributed by atoms with van der Waals surface area (Å²) in [5.74, 6) is -0.258. The van der Waals surface area contributed by atoms with Crippen LogP contribution < -0.4 is 5.32 Å². The molecule has 3 rings (SSSR count). The molecule has 0 saturated carbocycles. The highest BCUT2D eigenvalue weighted by molar-refractivity contribution is 5.90. The summed E-state index contributed by atoms with van der Waals surface area (Å²) in [5.41, 5.74) is 2.83. The first-order valence-electron chi connectivity index (χ1n) is 8.10. The topological polar surface area (TPSA) is 32.3 Å². The van der Waals surface area contributed by atoms with Crippen molar-refractivity contribution in [2.45, 2.75) is 32.2 Å². The standard InChI is InChI=1S/C19H21FN2O/c1-2-14-7-3-4-10-17(14)21-19(23)22-12-6-11-18(22)15-8-5-9-16(20)13-15/h3-5,7-10,13,18H,2,6,11-12H2,1H3,(H,21,23)/t18-/m1/s1. The lowest BCUT2D eigenvalue weighted by molar-refractivity contribution is 0.207. The third-order valence-corrected chi connectivity index (χ3v) is 4.39. The molecule has 0 aromatic heterocycles. The van der Waals surface area contributed by atoms with E-state index >= 15 is 0 Å². The fourth-order valence-electron chi connectivity index (χ4n) is 3.21. The second kappa shape index (κ2) is 6.82. The van der Waals surface area contributed by atoms with E-state index < -0.39 is 0 Å². The molecule has 0 aliphatic carbocycles. The fraction of sp³-hybridized carbons (Fsp3) is 0.316. The highest BCUT2D eigenvalue weighted by Gasteiger charge is 2.30. The molecule has 1 atom stereocenters. The molecule has 1 aliphatic heterocycles. The summed E-state index contributed by atoms with van der Waals surface area (Å²) in [7, 11) is 0. The molecule has 23 heavy (non-hydrogen) atoms. The van der Waals surface area contributed by atoms with E-state index in [-0.39, 0.29) is 17.9 Å². The minimum Gasteiger partial charge on any atom is -0.317 e. The molecule has 1 fully saturated rings. The van der Waals surface area contributed by atoms with Gasteiger partial charge >= 0.3 is 6.03 Å². The summed E-state index contributed by atoms with van der Waals surface area (Å²) in [6, 6.07) is 14.2. The molecule has 0 spiro atoms. The molecule has 1 aliphatic rings. The number of aryl methyl sites for hydroxylation is 1. The molecule has 0 unspecified atom stereocenters. The van der Waals surface area contributed by atoms with Crippen LogP contribution in [0.2, 0.25) is 0 Å². The van der Waals surface area contributed by atoms with Crippen LogP contribution >= 0.6 is 0 Å². The van der Waals surface area contributed by atoms with Crippen LogP contribution in [0.25, 0.3) is 0 Å². The highest BCUT2D eigenvalue weighted by Crippen LogP contribution is 2.32. The first kappa shape index (κ1) is 15.5. The predicted octanol–water partition coefficient (Wildman–Crippen LogP) is 4.76. The van der Waals surface area contributed by atoms with Gasteiger partial charge in [-0.05, 0) is 48.6 Å². The van der Waals surface area contributed by atoms with E-state index in [4.69, 9.17) is 0 Å². The molecule has 4 heteroatoms. The van der Waals surface area contributed by atoms with Gasteiger partial charge in [-0.2, -0.15) is 0 Å². The molecule has 1 heterocycles. The Balaban J connectivity index is 1.78. The van der Waals surface area contributed by atoms with Crippen molar-refractivity contribution in [3.8, 4) is 0 Å². The first-order valence-corrected chi connectivity index (χ1v) is 8.10. The summed E-state index contributed by atoms with van der Waals surface area (Å²) < 4.78 is 13.5. The normalized spacial score (nSPS) is 17.3. The second-order valence-corrected chi connectivity index (χ2v) is 5.85. The Hall–Kier alpha value is -2.36. The minimum absolute atomic E-state index is 0.0560. The molecule has 3 nitrogen and oxygen atoms in total. The Morgan fingerprint density at radius 1 is 1.26 bits per heavy atom. The zero-order valence-electron chi connectivity index (χ0n) is 13.3. The van der Waals surface area contributed by atoms with E-state index in [1.165, 1.54) is 12.1 Å². The maximum atomic E-state index is 13.5. The van der Waals surface area contributed by atoms with Crippen molar-refractivity contribution in [1.29, 1.82) is 0 Å². The van der Waals surface area contributed by atoms with E-state index in [0.717, 1.165) is 36.1 Å². The van der Waals surface area contributed by atoms with Crippen LogP contribution in [-0.4, -0.2) is 17.5 Å². The van der Waals surface area contributed by atoms with E-state index in [1.54, 1.807) is 11.0 Å².